The Kier molecular flexibility index (Phi) is 6.22. The highest BCUT2D eigenvalue weighted by Crippen LogP contribution is 2.26. The molecule has 2 aromatic carbocycles. The number of hydrogen-bond acceptors (Lipinski definition) is 7. The quantitative estimate of drug-likeness (QED) is 0.274. The maximum atomic E-state index is 12.1. The van der Waals surface area contributed by atoms with E-state index in [2.05, 4.69) is 16.9 Å². The first kappa shape index (κ1) is 23.9. The van der Waals surface area contributed by atoms with Gasteiger partial charge in [0.15, 0.2) is 14.6 Å². The van der Waals surface area contributed by atoms with Crippen LogP contribution in [0, 0.1) is 11.8 Å². The molecule has 178 valence electrons. The lowest BCUT2D eigenvalue weighted by Gasteiger charge is -2.38. The van der Waals surface area contributed by atoms with Crippen molar-refractivity contribution in [1.82, 2.24) is 15.3 Å². The van der Waals surface area contributed by atoms with Crippen LogP contribution < -0.4 is 11.2 Å². The number of nitrogens with zero attached hydrogens (tertiary/aromatic N) is 2. The Labute approximate surface area is 197 Å². The van der Waals surface area contributed by atoms with Gasteiger partial charge in [0, 0.05) is 35.5 Å². The molecule has 1 atom stereocenters. The smallest absolute Gasteiger partial charge is 0.264 e. The summed E-state index contributed by atoms with van der Waals surface area (Å²) < 4.78 is 29.3. The van der Waals surface area contributed by atoms with E-state index in [4.69, 9.17) is 15.7 Å². The Morgan fingerprint density at radius 2 is 1.88 bits per heavy atom. The topological polar surface area (TPSA) is 137 Å². The standard InChI is InChI=1S/C24H26N4O5S/c1-23(22(29)27-30,34(2,31)32)11-12-28-14-19-13-18(7-10-21(19)26-28)4-3-17-5-8-20(9-6-17)24(25)15-33-16-24/h5-10,13-14,30H,11-12,15-16,25H2,1-2H3,(H,27,29)/t23-/m1/s1. The van der Waals surface area contributed by atoms with Crippen molar-refractivity contribution < 1.29 is 23.2 Å². The summed E-state index contributed by atoms with van der Waals surface area (Å²) in [6.45, 7) is 2.50. The highest BCUT2D eigenvalue weighted by Gasteiger charge is 2.43. The van der Waals surface area contributed by atoms with Crippen LogP contribution in [0.15, 0.2) is 48.7 Å². The number of aromatic nitrogens is 2. The Morgan fingerprint density at radius 3 is 2.47 bits per heavy atom. The average molecular weight is 483 g/mol. The molecule has 9 nitrogen and oxygen atoms in total. The lowest BCUT2D eigenvalue weighted by Crippen LogP contribution is -2.54. The Balaban J connectivity index is 1.49. The fraction of sp³-hybridized carbons (Fsp3) is 0.333. The zero-order valence-electron chi connectivity index (χ0n) is 18.9. The van der Waals surface area contributed by atoms with Crippen molar-refractivity contribution >= 4 is 26.6 Å². The number of ether oxygens (including phenoxy) is 1. The summed E-state index contributed by atoms with van der Waals surface area (Å²) in [6, 6.07) is 13.4. The molecule has 0 unspecified atom stereocenters. The van der Waals surface area contributed by atoms with Crippen molar-refractivity contribution in [1.29, 1.82) is 0 Å². The second kappa shape index (κ2) is 8.85. The van der Waals surface area contributed by atoms with Crippen LogP contribution >= 0.6 is 0 Å². The van der Waals surface area contributed by atoms with Crippen LogP contribution in [0.4, 0.5) is 0 Å². The monoisotopic (exact) mass is 482 g/mol. The predicted molar refractivity (Wildman–Crippen MR) is 127 cm³/mol. The van der Waals surface area contributed by atoms with Crippen LogP contribution in [0.1, 0.15) is 30.0 Å². The largest absolute Gasteiger partial charge is 0.377 e. The number of fused-ring (bicyclic) bond motifs is 1. The van der Waals surface area contributed by atoms with E-state index < -0.39 is 26.0 Å². The van der Waals surface area contributed by atoms with E-state index in [1.807, 2.05) is 42.5 Å². The minimum Gasteiger partial charge on any atom is -0.377 e. The molecule has 1 aliphatic heterocycles. The maximum absolute atomic E-state index is 12.1. The van der Waals surface area contributed by atoms with E-state index >= 15 is 0 Å². The van der Waals surface area contributed by atoms with Crippen LogP contribution in [-0.4, -0.2) is 53.5 Å². The van der Waals surface area contributed by atoms with Crippen molar-refractivity contribution in [2.24, 2.45) is 5.73 Å². The first-order valence-corrected chi connectivity index (χ1v) is 12.5. The molecule has 3 aromatic rings. The summed E-state index contributed by atoms with van der Waals surface area (Å²) in [5, 5.41) is 14.2. The molecular formula is C24H26N4O5S. The van der Waals surface area contributed by atoms with Crippen LogP contribution in [0.2, 0.25) is 0 Å². The first-order chi connectivity index (χ1) is 16.0. The average Bonchev–Trinajstić information content (AvgIpc) is 3.21. The number of hydroxylamine groups is 1. The summed E-state index contributed by atoms with van der Waals surface area (Å²) in [5.74, 6) is 5.32. The van der Waals surface area contributed by atoms with Crippen molar-refractivity contribution in [3.63, 3.8) is 0 Å². The van der Waals surface area contributed by atoms with Crippen LogP contribution in [-0.2, 0) is 31.5 Å². The van der Waals surface area contributed by atoms with Crippen LogP contribution in [0.3, 0.4) is 0 Å². The lowest BCUT2D eigenvalue weighted by molar-refractivity contribution is -0.131. The van der Waals surface area contributed by atoms with E-state index in [9.17, 15) is 13.2 Å². The Morgan fingerprint density at radius 1 is 1.24 bits per heavy atom. The summed E-state index contributed by atoms with van der Waals surface area (Å²) in [4.78, 5) is 12.0. The molecule has 0 bridgehead atoms. The Hall–Kier alpha value is -3.23. The SMILES string of the molecule is C[C@@](CCn1cc2cc(C#Cc3ccc(C4(N)COC4)cc3)ccc2n1)(C(=O)NO)S(C)(=O)=O. The van der Waals surface area contributed by atoms with E-state index in [0.717, 1.165) is 33.8 Å². The third kappa shape index (κ3) is 4.56. The number of aryl methyl sites for hydroxylation is 1. The molecule has 2 heterocycles. The lowest BCUT2D eigenvalue weighted by atomic mass is 9.89. The number of nitrogens with one attached hydrogen (secondary N) is 1. The van der Waals surface area contributed by atoms with Gasteiger partial charge in [0.2, 0.25) is 0 Å². The highest BCUT2D eigenvalue weighted by molar-refractivity contribution is 7.92. The number of hydrogen-bond donors (Lipinski definition) is 3. The zero-order valence-corrected chi connectivity index (χ0v) is 19.7. The second-order valence-electron chi connectivity index (χ2n) is 8.84. The van der Waals surface area contributed by atoms with Gasteiger partial charge in [0.1, 0.15) is 0 Å². The van der Waals surface area contributed by atoms with Crippen molar-refractivity contribution in [3.8, 4) is 11.8 Å². The number of nitrogens with two attached hydrogens (primary N) is 1. The van der Waals surface area contributed by atoms with E-state index in [1.165, 1.54) is 12.4 Å². The predicted octanol–water partition coefficient (Wildman–Crippen LogP) is 1.32. The van der Waals surface area contributed by atoms with Crippen molar-refractivity contribution in [2.75, 3.05) is 19.5 Å². The molecule has 4 rings (SSSR count). The van der Waals surface area contributed by atoms with Crippen LogP contribution in [0.25, 0.3) is 10.9 Å². The van der Waals surface area contributed by atoms with Gasteiger partial charge in [-0.15, -0.1) is 0 Å². The number of benzene rings is 2. The molecule has 1 aromatic heterocycles. The van der Waals surface area contributed by atoms with Gasteiger partial charge in [0.05, 0.1) is 24.3 Å². The Bertz CT molecular complexity index is 1400. The molecule has 1 amide bonds. The number of carbonyl (C=O) groups excluding carboxylic acids is 1. The number of rotatable bonds is 6. The summed E-state index contributed by atoms with van der Waals surface area (Å²) in [7, 11) is -3.77. The van der Waals surface area contributed by atoms with Gasteiger partial charge in [-0.25, -0.2) is 13.9 Å². The van der Waals surface area contributed by atoms with Gasteiger partial charge in [-0.2, -0.15) is 5.10 Å². The van der Waals surface area contributed by atoms with Crippen molar-refractivity contribution in [2.45, 2.75) is 30.2 Å². The highest BCUT2D eigenvalue weighted by atomic mass is 32.2. The molecule has 0 aliphatic carbocycles. The van der Waals surface area contributed by atoms with Gasteiger partial charge in [-0.05, 0) is 49.2 Å². The fourth-order valence-corrected chi connectivity index (χ4v) is 4.55. The van der Waals surface area contributed by atoms with Gasteiger partial charge in [-0.3, -0.25) is 14.7 Å². The zero-order chi connectivity index (χ0) is 24.6. The van der Waals surface area contributed by atoms with Gasteiger partial charge in [-0.1, -0.05) is 24.0 Å². The van der Waals surface area contributed by atoms with Crippen LogP contribution in [0.5, 0.6) is 0 Å². The molecule has 0 spiro atoms. The number of sulfone groups is 1. The third-order valence-corrected chi connectivity index (χ3v) is 8.33. The van der Waals surface area contributed by atoms with Gasteiger partial charge in [0.25, 0.3) is 5.91 Å². The molecule has 1 saturated heterocycles. The first-order valence-electron chi connectivity index (χ1n) is 10.6. The minimum absolute atomic E-state index is 0.0505. The molecule has 10 heteroatoms. The van der Waals surface area contributed by atoms with Gasteiger partial charge < -0.3 is 10.5 Å². The van der Waals surface area contributed by atoms with E-state index in [0.29, 0.717) is 13.2 Å². The molecule has 1 fully saturated rings. The summed E-state index contributed by atoms with van der Waals surface area (Å²) in [5.41, 5.74) is 10.7. The summed E-state index contributed by atoms with van der Waals surface area (Å²) >= 11 is 0. The fourth-order valence-electron chi connectivity index (χ4n) is 3.70. The van der Waals surface area contributed by atoms with E-state index in [1.54, 1.807) is 10.9 Å². The van der Waals surface area contributed by atoms with Gasteiger partial charge >= 0.3 is 0 Å². The molecule has 0 saturated carbocycles. The maximum Gasteiger partial charge on any atom is 0.264 e. The third-order valence-electron chi connectivity index (χ3n) is 6.30. The number of amides is 1. The number of carbonyl (C=O) groups is 1. The van der Waals surface area contributed by atoms with Crippen molar-refractivity contribution in [3.05, 3.63) is 65.4 Å². The minimum atomic E-state index is -3.77. The van der Waals surface area contributed by atoms with E-state index in [-0.39, 0.29) is 13.0 Å². The molecule has 4 N–H and O–H groups in total. The molecule has 0 radical (unpaired) electrons. The normalized spacial score (nSPS) is 16.7. The summed E-state index contributed by atoms with van der Waals surface area (Å²) in [6.07, 6.45) is 2.69. The molecule has 1 aliphatic rings. The molecular weight excluding hydrogens is 456 g/mol. The second-order valence-corrected chi connectivity index (χ2v) is 11.3. The molecule has 34 heavy (non-hydrogen) atoms.